The first-order valence-electron chi connectivity index (χ1n) is 6.83. The molecular weight excluding hydrogens is 403 g/mol. The molecule has 1 heterocycles. The van der Waals surface area contributed by atoms with E-state index in [1.54, 1.807) is 12.1 Å². The van der Waals surface area contributed by atoms with Crippen LogP contribution in [0.15, 0.2) is 53.0 Å². The van der Waals surface area contributed by atoms with Crippen LogP contribution < -0.4 is 5.73 Å². The summed E-state index contributed by atoms with van der Waals surface area (Å²) in [6.07, 6.45) is -4.50. The predicted octanol–water partition coefficient (Wildman–Crippen LogP) is 6.15. The van der Waals surface area contributed by atoms with Crippen molar-refractivity contribution in [1.82, 2.24) is 0 Å². The first-order chi connectivity index (χ1) is 11.3. The molecule has 0 atom stereocenters. The van der Waals surface area contributed by atoms with Gasteiger partial charge >= 0.3 is 6.18 Å². The Bertz CT molecular complexity index is 891. The van der Waals surface area contributed by atoms with E-state index in [1.165, 1.54) is 12.1 Å². The number of hydrogen-bond acceptors (Lipinski definition) is 3. The monoisotopic (exact) mass is 413 g/mol. The Morgan fingerprint density at radius 3 is 2.29 bits per heavy atom. The first-order valence-corrected chi connectivity index (χ1v) is 8.44. The fourth-order valence-electron chi connectivity index (χ4n) is 2.43. The zero-order chi connectivity index (χ0) is 17.5. The van der Waals surface area contributed by atoms with Crippen LogP contribution in [0.3, 0.4) is 0 Å². The van der Waals surface area contributed by atoms with Crippen molar-refractivity contribution in [1.29, 1.82) is 0 Å². The Kier molecular flexibility index (Phi) is 4.31. The van der Waals surface area contributed by atoms with Gasteiger partial charge in [0, 0.05) is 10.0 Å². The van der Waals surface area contributed by atoms with Crippen LogP contribution in [-0.2, 0) is 6.18 Å². The van der Waals surface area contributed by atoms with E-state index in [0.717, 1.165) is 23.0 Å². The second-order valence-corrected chi connectivity index (χ2v) is 6.90. The number of nitrogens with two attached hydrogens (primary N) is 1. The van der Waals surface area contributed by atoms with Crippen LogP contribution in [0.4, 0.5) is 18.2 Å². The molecule has 124 valence electrons. The van der Waals surface area contributed by atoms with Gasteiger partial charge in [0.2, 0.25) is 0 Å². The van der Waals surface area contributed by atoms with E-state index in [-0.39, 0.29) is 26.4 Å². The number of alkyl halides is 3. The molecule has 0 spiro atoms. The van der Waals surface area contributed by atoms with Gasteiger partial charge in [-0.3, -0.25) is 0 Å². The predicted molar refractivity (Wildman–Crippen MR) is 94.0 cm³/mol. The van der Waals surface area contributed by atoms with E-state index >= 15 is 0 Å². The molecule has 0 saturated heterocycles. The molecule has 0 aliphatic carbocycles. The number of halogens is 4. The lowest BCUT2D eigenvalue weighted by atomic mass is 10.0. The molecule has 24 heavy (non-hydrogen) atoms. The average molecular weight is 414 g/mol. The molecule has 0 bridgehead atoms. The Morgan fingerprint density at radius 2 is 1.67 bits per heavy atom. The minimum atomic E-state index is -4.50. The van der Waals surface area contributed by atoms with Gasteiger partial charge in [-0.25, -0.2) is 0 Å². The third-order valence-electron chi connectivity index (χ3n) is 3.52. The summed E-state index contributed by atoms with van der Waals surface area (Å²) in [5, 5.41) is 10.8. The summed E-state index contributed by atoms with van der Waals surface area (Å²) in [6.45, 7) is 0. The molecule has 0 aliphatic rings. The van der Waals surface area contributed by atoms with Gasteiger partial charge in [-0.1, -0.05) is 42.5 Å². The number of rotatable bonds is 2. The number of thiophene rings is 1. The topological polar surface area (TPSA) is 46.2 Å². The summed E-state index contributed by atoms with van der Waals surface area (Å²) in [5.41, 5.74) is 6.35. The zero-order valence-electron chi connectivity index (χ0n) is 12.1. The molecule has 1 aromatic heterocycles. The van der Waals surface area contributed by atoms with Crippen LogP contribution in [0.2, 0.25) is 0 Å². The smallest absolute Gasteiger partial charge is 0.417 e. The summed E-state index contributed by atoms with van der Waals surface area (Å²) in [7, 11) is 0. The van der Waals surface area contributed by atoms with Crippen LogP contribution in [0.5, 0.6) is 5.75 Å². The maximum atomic E-state index is 13.1. The van der Waals surface area contributed by atoms with Gasteiger partial charge in [0.1, 0.15) is 5.75 Å². The van der Waals surface area contributed by atoms with Crippen LogP contribution in [-0.4, -0.2) is 5.11 Å². The molecule has 0 unspecified atom stereocenters. The molecule has 0 amide bonds. The van der Waals surface area contributed by atoms with Crippen molar-refractivity contribution in [3.63, 3.8) is 0 Å². The summed E-state index contributed by atoms with van der Waals surface area (Å²) >= 11 is 4.14. The average Bonchev–Trinajstić information content (AvgIpc) is 2.82. The maximum Gasteiger partial charge on any atom is 0.417 e. The molecule has 3 aromatic rings. The van der Waals surface area contributed by atoms with Crippen LogP contribution in [0.25, 0.3) is 21.6 Å². The Hall–Kier alpha value is -1.99. The second kappa shape index (κ2) is 6.14. The van der Waals surface area contributed by atoms with E-state index in [9.17, 15) is 18.3 Å². The molecular formula is C17H11BrF3NOS. The fourth-order valence-corrected chi connectivity index (χ4v) is 4.10. The largest absolute Gasteiger partial charge is 0.506 e. The van der Waals surface area contributed by atoms with Crippen LogP contribution in [0, 0.1) is 0 Å². The van der Waals surface area contributed by atoms with Crippen molar-refractivity contribution < 1.29 is 18.3 Å². The highest BCUT2D eigenvalue weighted by Gasteiger charge is 2.34. The Labute approximate surface area is 148 Å². The number of hydrogen-bond donors (Lipinski definition) is 2. The highest BCUT2D eigenvalue weighted by atomic mass is 79.9. The van der Waals surface area contributed by atoms with Gasteiger partial charge in [-0.15, -0.1) is 11.3 Å². The van der Waals surface area contributed by atoms with E-state index in [4.69, 9.17) is 5.73 Å². The zero-order valence-corrected chi connectivity index (χ0v) is 14.5. The van der Waals surface area contributed by atoms with Gasteiger partial charge in [-0.2, -0.15) is 13.2 Å². The van der Waals surface area contributed by atoms with Gasteiger partial charge in [0.05, 0.1) is 21.0 Å². The number of aromatic hydroxyl groups is 1. The molecule has 0 saturated carbocycles. The molecule has 0 aliphatic heterocycles. The van der Waals surface area contributed by atoms with E-state index < -0.39 is 11.7 Å². The number of anilines is 1. The van der Waals surface area contributed by atoms with Gasteiger partial charge in [0.15, 0.2) is 0 Å². The summed E-state index contributed by atoms with van der Waals surface area (Å²) in [6, 6.07) is 12.8. The highest BCUT2D eigenvalue weighted by molar-refractivity contribution is 9.10. The minimum absolute atomic E-state index is 0.122. The minimum Gasteiger partial charge on any atom is -0.506 e. The molecule has 3 N–H and O–H groups in total. The molecule has 3 rings (SSSR count). The first kappa shape index (κ1) is 16.9. The quantitative estimate of drug-likeness (QED) is 0.528. The third-order valence-corrected chi connectivity index (χ3v) is 5.43. The second-order valence-electron chi connectivity index (χ2n) is 5.05. The summed E-state index contributed by atoms with van der Waals surface area (Å²) in [5.74, 6) is -0.122. The number of nitrogen functional groups attached to an aromatic ring is 1. The Balaban J connectivity index is 2.21. The van der Waals surface area contributed by atoms with Crippen molar-refractivity contribution in [2.24, 2.45) is 0 Å². The molecule has 7 heteroatoms. The van der Waals surface area contributed by atoms with Crippen molar-refractivity contribution in [3.05, 3.63) is 58.6 Å². The van der Waals surface area contributed by atoms with Crippen molar-refractivity contribution in [3.8, 4) is 27.3 Å². The van der Waals surface area contributed by atoms with Crippen LogP contribution in [0.1, 0.15) is 5.56 Å². The molecule has 2 nitrogen and oxygen atoms in total. The summed E-state index contributed by atoms with van der Waals surface area (Å²) < 4.78 is 39.1. The molecule has 0 radical (unpaired) electrons. The fraction of sp³-hybridized carbons (Fsp3) is 0.0588. The number of benzene rings is 2. The van der Waals surface area contributed by atoms with E-state index in [0.29, 0.717) is 4.88 Å². The highest BCUT2D eigenvalue weighted by Crippen LogP contribution is 2.51. The normalized spacial score (nSPS) is 11.7. The maximum absolute atomic E-state index is 13.1. The van der Waals surface area contributed by atoms with Gasteiger partial charge in [0.25, 0.3) is 0 Å². The lowest BCUT2D eigenvalue weighted by molar-refractivity contribution is -0.138. The van der Waals surface area contributed by atoms with Crippen molar-refractivity contribution >= 4 is 32.3 Å². The van der Waals surface area contributed by atoms with E-state index in [1.807, 2.05) is 18.2 Å². The lowest BCUT2D eigenvalue weighted by Crippen LogP contribution is -2.06. The SMILES string of the molecule is Nc1sc(-c2ccccc2)c(O)c1-c1cccc(C(F)(F)F)c1Br. The Morgan fingerprint density at radius 1 is 1.00 bits per heavy atom. The standard InChI is InChI=1S/C17H11BrF3NOS/c18-13-10(7-4-8-11(13)17(19,20)21)12-14(23)15(24-16(12)22)9-5-2-1-3-6-9/h1-8,23H,22H2. The molecule has 0 fully saturated rings. The van der Waals surface area contributed by atoms with E-state index in [2.05, 4.69) is 15.9 Å². The van der Waals surface area contributed by atoms with Crippen molar-refractivity contribution in [2.45, 2.75) is 6.18 Å². The van der Waals surface area contributed by atoms with Crippen LogP contribution >= 0.6 is 27.3 Å². The lowest BCUT2D eigenvalue weighted by Gasteiger charge is -2.13. The van der Waals surface area contributed by atoms with Crippen molar-refractivity contribution in [2.75, 3.05) is 5.73 Å². The summed E-state index contributed by atoms with van der Waals surface area (Å²) in [4.78, 5) is 0.521. The van der Waals surface area contributed by atoms with Gasteiger partial charge in [-0.05, 0) is 27.6 Å². The third kappa shape index (κ3) is 2.89. The van der Waals surface area contributed by atoms with Gasteiger partial charge < -0.3 is 10.8 Å². The molecule has 2 aromatic carbocycles.